The zero-order chi connectivity index (χ0) is 20.7. The number of benzene rings is 1. The van der Waals surface area contributed by atoms with Gasteiger partial charge < -0.3 is 19.7 Å². The van der Waals surface area contributed by atoms with Crippen LogP contribution in [0.1, 0.15) is 0 Å². The highest BCUT2D eigenvalue weighted by Gasteiger charge is 2.17. The van der Waals surface area contributed by atoms with Crippen LogP contribution >= 0.6 is 23.1 Å². The summed E-state index contributed by atoms with van der Waals surface area (Å²) in [5.41, 5.74) is 1.97. The SMILES string of the molecule is CN(C)c1nc2ncn3c(SCC(=O)Nc4ccc5c(c4)OCCO5)nnc3c2s1. The Kier molecular flexibility index (Phi) is 4.79. The molecular formula is C18H17N7O3S2. The summed E-state index contributed by atoms with van der Waals surface area (Å²) in [5.74, 6) is 1.34. The van der Waals surface area contributed by atoms with Gasteiger partial charge in [-0.05, 0) is 12.1 Å². The standard InChI is InChI=1S/C18H17N7O3S2/c1-24(2)17-21-15-14(30-17)16-22-23-18(25(16)9-19-15)29-8-13(26)20-10-3-4-11-12(7-10)28-6-5-27-11/h3-4,7,9H,5-6,8H2,1-2H3,(H,20,26). The fraction of sp³-hybridized carbons (Fsp3) is 0.278. The van der Waals surface area contributed by atoms with Gasteiger partial charge in [0.15, 0.2) is 33.1 Å². The third-order valence-electron chi connectivity index (χ3n) is 4.30. The molecule has 4 heterocycles. The second-order valence-corrected chi connectivity index (χ2v) is 8.58. The number of thioether (sulfide) groups is 1. The number of anilines is 2. The van der Waals surface area contributed by atoms with E-state index in [1.54, 1.807) is 28.9 Å². The molecule has 0 saturated carbocycles. The molecule has 0 unspecified atom stereocenters. The number of ether oxygens (including phenoxy) is 2. The van der Waals surface area contributed by atoms with Gasteiger partial charge in [-0.25, -0.2) is 4.98 Å². The summed E-state index contributed by atoms with van der Waals surface area (Å²) in [7, 11) is 3.86. The van der Waals surface area contributed by atoms with Crippen molar-refractivity contribution in [2.75, 3.05) is 43.3 Å². The molecule has 0 saturated heterocycles. The predicted molar refractivity (Wildman–Crippen MR) is 115 cm³/mol. The largest absolute Gasteiger partial charge is 0.486 e. The van der Waals surface area contributed by atoms with Crippen molar-refractivity contribution >= 4 is 55.8 Å². The van der Waals surface area contributed by atoms with Crippen molar-refractivity contribution in [3.8, 4) is 11.5 Å². The zero-order valence-electron chi connectivity index (χ0n) is 16.2. The highest BCUT2D eigenvalue weighted by Crippen LogP contribution is 2.33. The van der Waals surface area contributed by atoms with Gasteiger partial charge in [0.2, 0.25) is 5.91 Å². The van der Waals surface area contributed by atoms with Crippen molar-refractivity contribution in [3.63, 3.8) is 0 Å². The van der Waals surface area contributed by atoms with Crippen molar-refractivity contribution in [2.24, 2.45) is 0 Å². The van der Waals surface area contributed by atoms with Gasteiger partial charge in [-0.3, -0.25) is 9.20 Å². The van der Waals surface area contributed by atoms with E-state index in [1.165, 1.54) is 23.1 Å². The summed E-state index contributed by atoms with van der Waals surface area (Å²) >= 11 is 2.79. The Morgan fingerprint density at radius 3 is 2.93 bits per heavy atom. The average Bonchev–Trinajstić information content (AvgIpc) is 3.36. The fourth-order valence-corrected chi connectivity index (χ4v) is 4.54. The Bertz CT molecular complexity index is 1250. The first-order valence-electron chi connectivity index (χ1n) is 9.08. The van der Waals surface area contributed by atoms with Gasteiger partial charge in [0, 0.05) is 25.8 Å². The van der Waals surface area contributed by atoms with Gasteiger partial charge in [0.05, 0.1) is 5.75 Å². The monoisotopic (exact) mass is 443 g/mol. The molecule has 30 heavy (non-hydrogen) atoms. The lowest BCUT2D eigenvalue weighted by molar-refractivity contribution is -0.113. The van der Waals surface area contributed by atoms with E-state index in [1.807, 2.05) is 19.0 Å². The van der Waals surface area contributed by atoms with Crippen molar-refractivity contribution in [1.82, 2.24) is 24.6 Å². The fourth-order valence-electron chi connectivity index (χ4n) is 2.92. The summed E-state index contributed by atoms with van der Waals surface area (Å²) in [5, 5.41) is 12.8. The predicted octanol–water partition coefficient (Wildman–Crippen LogP) is 2.30. The average molecular weight is 444 g/mol. The summed E-state index contributed by atoms with van der Waals surface area (Å²) in [4.78, 5) is 23.2. The van der Waals surface area contributed by atoms with Gasteiger partial charge in [-0.15, -0.1) is 10.2 Å². The van der Waals surface area contributed by atoms with E-state index < -0.39 is 0 Å². The molecule has 154 valence electrons. The Hall–Kier alpha value is -3.12. The van der Waals surface area contributed by atoms with Crippen LogP contribution in [0.25, 0.3) is 16.0 Å². The van der Waals surface area contributed by atoms with Crippen LogP contribution in [0, 0.1) is 0 Å². The smallest absolute Gasteiger partial charge is 0.234 e. The Morgan fingerprint density at radius 2 is 2.10 bits per heavy atom. The third kappa shape index (κ3) is 3.48. The number of amides is 1. The number of thiazole rings is 1. The van der Waals surface area contributed by atoms with E-state index in [0.29, 0.717) is 46.9 Å². The molecule has 0 atom stereocenters. The van der Waals surface area contributed by atoms with Crippen LogP contribution < -0.4 is 19.7 Å². The van der Waals surface area contributed by atoms with Crippen LogP contribution in [-0.2, 0) is 4.79 Å². The normalized spacial score (nSPS) is 13.0. The summed E-state index contributed by atoms with van der Waals surface area (Å²) in [6.07, 6.45) is 1.64. The third-order valence-corrected chi connectivity index (χ3v) is 6.45. The van der Waals surface area contributed by atoms with Gasteiger partial charge in [0.25, 0.3) is 0 Å². The maximum absolute atomic E-state index is 12.4. The molecule has 1 amide bonds. The number of nitrogens with zero attached hydrogens (tertiary/aromatic N) is 6. The van der Waals surface area contributed by atoms with Crippen LogP contribution in [0.2, 0.25) is 0 Å². The molecule has 3 aromatic heterocycles. The Morgan fingerprint density at radius 1 is 1.27 bits per heavy atom. The minimum atomic E-state index is -0.157. The van der Waals surface area contributed by atoms with Gasteiger partial charge >= 0.3 is 0 Å². The van der Waals surface area contributed by atoms with Crippen molar-refractivity contribution < 1.29 is 14.3 Å². The number of carbonyl (C=O) groups excluding carboxylic acids is 1. The van der Waals surface area contributed by atoms with E-state index in [9.17, 15) is 4.79 Å². The molecule has 0 bridgehead atoms. The first-order chi connectivity index (χ1) is 14.6. The summed E-state index contributed by atoms with van der Waals surface area (Å²) in [6.45, 7) is 1.03. The van der Waals surface area contributed by atoms with Crippen LogP contribution in [0.5, 0.6) is 11.5 Å². The van der Waals surface area contributed by atoms with E-state index in [0.717, 1.165) is 9.83 Å². The number of rotatable bonds is 5. The van der Waals surface area contributed by atoms with E-state index in [4.69, 9.17) is 9.47 Å². The van der Waals surface area contributed by atoms with Gasteiger partial charge in [0.1, 0.15) is 24.2 Å². The molecule has 0 aliphatic carbocycles. The highest BCUT2D eigenvalue weighted by molar-refractivity contribution is 7.99. The van der Waals surface area contributed by atoms with Crippen molar-refractivity contribution in [1.29, 1.82) is 0 Å². The van der Waals surface area contributed by atoms with Crippen LogP contribution in [0.3, 0.4) is 0 Å². The van der Waals surface area contributed by atoms with Gasteiger partial charge in [-0.2, -0.15) is 4.98 Å². The highest BCUT2D eigenvalue weighted by atomic mass is 32.2. The maximum Gasteiger partial charge on any atom is 0.234 e. The minimum Gasteiger partial charge on any atom is -0.486 e. The topological polar surface area (TPSA) is 107 Å². The van der Waals surface area contributed by atoms with Gasteiger partial charge in [-0.1, -0.05) is 23.1 Å². The molecule has 0 spiro atoms. The molecule has 1 aromatic carbocycles. The number of hydrogen-bond donors (Lipinski definition) is 1. The molecule has 1 aliphatic rings. The maximum atomic E-state index is 12.4. The lowest BCUT2D eigenvalue weighted by Gasteiger charge is -2.18. The Balaban J connectivity index is 1.30. The second kappa shape index (κ2) is 7.61. The molecule has 0 fully saturated rings. The number of fused-ring (bicyclic) bond motifs is 4. The molecule has 12 heteroatoms. The second-order valence-electron chi connectivity index (χ2n) is 6.66. The van der Waals surface area contributed by atoms with E-state index >= 15 is 0 Å². The molecule has 10 nitrogen and oxygen atoms in total. The number of hydrogen-bond acceptors (Lipinski definition) is 10. The number of nitrogens with one attached hydrogen (secondary N) is 1. The van der Waals surface area contributed by atoms with Crippen LogP contribution in [0.4, 0.5) is 10.8 Å². The lowest BCUT2D eigenvalue weighted by Crippen LogP contribution is -2.17. The number of carbonyl (C=O) groups is 1. The minimum absolute atomic E-state index is 0.157. The lowest BCUT2D eigenvalue weighted by atomic mass is 10.2. The molecule has 5 rings (SSSR count). The van der Waals surface area contributed by atoms with Crippen molar-refractivity contribution in [2.45, 2.75) is 5.16 Å². The zero-order valence-corrected chi connectivity index (χ0v) is 17.8. The molecule has 4 aromatic rings. The molecule has 0 radical (unpaired) electrons. The summed E-state index contributed by atoms with van der Waals surface area (Å²) < 4.78 is 13.7. The Labute approximate surface area is 179 Å². The van der Waals surface area contributed by atoms with E-state index in [-0.39, 0.29) is 11.7 Å². The van der Waals surface area contributed by atoms with Crippen LogP contribution in [-0.4, -0.2) is 63.5 Å². The molecule has 1 N–H and O–H groups in total. The first-order valence-corrected chi connectivity index (χ1v) is 10.9. The van der Waals surface area contributed by atoms with E-state index in [2.05, 4.69) is 25.5 Å². The first kappa shape index (κ1) is 18.9. The molecule has 1 aliphatic heterocycles. The summed E-state index contributed by atoms with van der Waals surface area (Å²) in [6, 6.07) is 5.34. The quantitative estimate of drug-likeness (QED) is 0.465. The number of aromatic nitrogens is 5. The van der Waals surface area contributed by atoms with Crippen molar-refractivity contribution in [3.05, 3.63) is 24.5 Å². The molecular weight excluding hydrogens is 426 g/mol. The van der Waals surface area contributed by atoms with Crippen LogP contribution in [0.15, 0.2) is 29.7 Å².